The summed E-state index contributed by atoms with van der Waals surface area (Å²) in [5.41, 5.74) is 1.07. The molecule has 1 aliphatic rings. The third-order valence-electron chi connectivity index (χ3n) is 3.72. The van der Waals surface area contributed by atoms with E-state index in [4.69, 9.17) is 11.6 Å². The van der Waals surface area contributed by atoms with Crippen LogP contribution in [0.3, 0.4) is 0 Å². The van der Waals surface area contributed by atoms with Crippen molar-refractivity contribution in [3.05, 3.63) is 35.9 Å². The number of aliphatic hydroxyl groups is 1. The number of benzene rings is 1. The van der Waals surface area contributed by atoms with Gasteiger partial charge in [-0.3, -0.25) is 4.79 Å². The highest BCUT2D eigenvalue weighted by Gasteiger charge is 2.31. The van der Waals surface area contributed by atoms with Crippen LogP contribution in [0.15, 0.2) is 30.3 Å². The summed E-state index contributed by atoms with van der Waals surface area (Å²) in [6, 6.07) is 9.74. The molecule has 1 aromatic carbocycles. The molecule has 0 aliphatic heterocycles. The minimum atomic E-state index is -0.426. The van der Waals surface area contributed by atoms with Gasteiger partial charge >= 0.3 is 0 Å². The highest BCUT2D eigenvalue weighted by molar-refractivity contribution is 6.27. The lowest BCUT2D eigenvalue weighted by Crippen LogP contribution is -2.48. The maximum atomic E-state index is 12.0. The van der Waals surface area contributed by atoms with Gasteiger partial charge in [-0.25, -0.2) is 0 Å². The van der Waals surface area contributed by atoms with E-state index in [1.807, 2.05) is 30.3 Å². The van der Waals surface area contributed by atoms with Gasteiger partial charge in [0.15, 0.2) is 0 Å². The Morgan fingerprint density at radius 3 is 2.58 bits per heavy atom. The predicted molar refractivity (Wildman–Crippen MR) is 76.0 cm³/mol. The van der Waals surface area contributed by atoms with Crippen LogP contribution in [0.2, 0.25) is 0 Å². The topological polar surface area (TPSA) is 40.5 Å². The molecule has 104 valence electrons. The normalized spacial score (nSPS) is 23.1. The van der Waals surface area contributed by atoms with Gasteiger partial charge in [0.25, 0.3) is 0 Å². The molecule has 1 N–H and O–H groups in total. The summed E-state index contributed by atoms with van der Waals surface area (Å²) >= 11 is 5.71. The number of hydrogen-bond acceptors (Lipinski definition) is 2. The number of amides is 1. The smallest absolute Gasteiger partial charge is 0.238 e. The number of rotatable bonds is 4. The van der Waals surface area contributed by atoms with Crippen LogP contribution in [0.4, 0.5) is 0 Å². The van der Waals surface area contributed by atoms with Gasteiger partial charge < -0.3 is 10.0 Å². The molecule has 3 nitrogen and oxygen atoms in total. The third-order valence-corrected chi connectivity index (χ3v) is 3.95. The van der Waals surface area contributed by atoms with Crippen molar-refractivity contribution in [3.8, 4) is 0 Å². The Morgan fingerprint density at radius 2 is 1.95 bits per heavy atom. The summed E-state index contributed by atoms with van der Waals surface area (Å²) in [5.74, 6) is -0.132. The van der Waals surface area contributed by atoms with Gasteiger partial charge in [0, 0.05) is 6.54 Å². The number of nitrogens with zero attached hydrogens (tertiary/aromatic N) is 1. The Hall–Kier alpha value is -1.06. The molecule has 1 fully saturated rings. The van der Waals surface area contributed by atoms with Crippen LogP contribution in [-0.4, -0.2) is 33.9 Å². The largest absolute Gasteiger partial charge is 0.391 e. The molecule has 2 atom stereocenters. The molecule has 0 bridgehead atoms. The summed E-state index contributed by atoms with van der Waals surface area (Å²) in [5, 5.41) is 10.1. The Balaban J connectivity index is 2.13. The van der Waals surface area contributed by atoms with Crippen molar-refractivity contribution in [2.24, 2.45) is 0 Å². The first-order valence-corrected chi connectivity index (χ1v) is 7.33. The van der Waals surface area contributed by atoms with Crippen LogP contribution in [0.1, 0.15) is 31.2 Å². The second-order valence-electron chi connectivity index (χ2n) is 5.06. The molecule has 1 aromatic rings. The SMILES string of the molecule is O=C(CCl)N(Cc1ccccc1)[C@H]1CCCC[C@H]1O. The number of halogens is 1. The fraction of sp³-hybridized carbons (Fsp3) is 0.533. The number of aliphatic hydroxyl groups excluding tert-OH is 1. The fourth-order valence-electron chi connectivity index (χ4n) is 2.70. The zero-order valence-electron chi connectivity index (χ0n) is 11.0. The van der Waals surface area contributed by atoms with Crippen LogP contribution in [-0.2, 0) is 11.3 Å². The van der Waals surface area contributed by atoms with Crippen LogP contribution in [0.25, 0.3) is 0 Å². The van der Waals surface area contributed by atoms with E-state index in [1.54, 1.807) is 4.90 Å². The average Bonchev–Trinajstić information content (AvgIpc) is 2.46. The van der Waals surface area contributed by atoms with Gasteiger partial charge in [-0.15, -0.1) is 11.6 Å². The molecule has 19 heavy (non-hydrogen) atoms. The molecule has 4 heteroatoms. The fourth-order valence-corrected chi connectivity index (χ4v) is 2.86. The number of carbonyl (C=O) groups excluding carboxylic acids is 1. The van der Waals surface area contributed by atoms with Crippen molar-refractivity contribution in [3.63, 3.8) is 0 Å². The van der Waals surface area contributed by atoms with E-state index >= 15 is 0 Å². The lowest BCUT2D eigenvalue weighted by molar-refractivity contribution is -0.135. The van der Waals surface area contributed by atoms with E-state index < -0.39 is 6.10 Å². The molecule has 0 radical (unpaired) electrons. The predicted octanol–water partition coefficient (Wildman–Crippen LogP) is 2.56. The summed E-state index contributed by atoms with van der Waals surface area (Å²) in [6.07, 6.45) is 3.29. The number of alkyl halides is 1. The van der Waals surface area contributed by atoms with Crippen LogP contribution < -0.4 is 0 Å². The van der Waals surface area contributed by atoms with Gasteiger partial charge in [-0.2, -0.15) is 0 Å². The third kappa shape index (κ3) is 3.71. The molecule has 1 aliphatic carbocycles. The molecule has 0 aromatic heterocycles. The molecule has 0 unspecified atom stereocenters. The molecular formula is C15H20ClNO2. The van der Waals surface area contributed by atoms with E-state index in [0.717, 1.165) is 31.2 Å². The van der Waals surface area contributed by atoms with Crippen molar-refractivity contribution in [2.45, 2.75) is 44.4 Å². The minimum absolute atomic E-state index is 0.0317. The maximum absolute atomic E-state index is 12.0. The standard InChI is InChI=1S/C15H20ClNO2/c16-10-15(19)17(11-12-6-2-1-3-7-12)13-8-4-5-9-14(13)18/h1-3,6-7,13-14,18H,4-5,8-11H2/t13-,14+/m0/s1. The van der Waals surface area contributed by atoms with Crippen molar-refractivity contribution in [2.75, 3.05) is 5.88 Å². The van der Waals surface area contributed by atoms with E-state index in [-0.39, 0.29) is 17.8 Å². The van der Waals surface area contributed by atoms with Crippen LogP contribution in [0, 0.1) is 0 Å². The second-order valence-corrected chi connectivity index (χ2v) is 5.33. The van der Waals surface area contributed by atoms with Gasteiger partial charge in [0.05, 0.1) is 12.1 Å². The Bertz CT molecular complexity index is 410. The summed E-state index contributed by atoms with van der Waals surface area (Å²) < 4.78 is 0. The maximum Gasteiger partial charge on any atom is 0.238 e. The average molecular weight is 282 g/mol. The summed E-state index contributed by atoms with van der Waals surface area (Å²) in [7, 11) is 0. The molecule has 2 rings (SSSR count). The van der Waals surface area contributed by atoms with Crippen LogP contribution in [0.5, 0.6) is 0 Å². The summed E-state index contributed by atoms with van der Waals surface area (Å²) in [4.78, 5) is 13.8. The first-order valence-electron chi connectivity index (χ1n) is 6.80. The monoisotopic (exact) mass is 281 g/mol. The van der Waals surface area contributed by atoms with Gasteiger partial charge in [-0.1, -0.05) is 43.2 Å². The van der Waals surface area contributed by atoms with E-state index in [9.17, 15) is 9.90 Å². The second kappa shape index (κ2) is 6.92. The van der Waals surface area contributed by atoms with Crippen molar-refractivity contribution < 1.29 is 9.90 Å². The molecule has 0 spiro atoms. The first kappa shape index (κ1) is 14.4. The van der Waals surface area contributed by atoms with Gasteiger partial charge in [-0.05, 0) is 18.4 Å². The minimum Gasteiger partial charge on any atom is -0.391 e. The highest BCUT2D eigenvalue weighted by Crippen LogP contribution is 2.25. The lowest BCUT2D eigenvalue weighted by atomic mass is 9.91. The summed E-state index contributed by atoms with van der Waals surface area (Å²) in [6.45, 7) is 0.522. The first-order chi connectivity index (χ1) is 9.22. The van der Waals surface area contributed by atoms with E-state index in [1.165, 1.54) is 0 Å². The Labute approximate surface area is 119 Å². The Kier molecular flexibility index (Phi) is 5.23. The zero-order chi connectivity index (χ0) is 13.7. The van der Waals surface area contributed by atoms with E-state index in [2.05, 4.69) is 0 Å². The highest BCUT2D eigenvalue weighted by atomic mass is 35.5. The molecular weight excluding hydrogens is 262 g/mol. The number of hydrogen-bond donors (Lipinski definition) is 1. The van der Waals surface area contributed by atoms with Gasteiger partial charge in [0.2, 0.25) is 5.91 Å². The molecule has 1 amide bonds. The lowest BCUT2D eigenvalue weighted by Gasteiger charge is -2.37. The van der Waals surface area contributed by atoms with Crippen molar-refractivity contribution in [1.29, 1.82) is 0 Å². The van der Waals surface area contributed by atoms with Crippen molar-refractivity contribution in [1.82, 2.24) is 4.90 Å². The number of carbonyl (C=O) groups is 1. The molecule has 0 heterocycles. The quantitative estimate of drug-likeness (QED) is 0.862. The molecule has 1 saturated carbocycles. The van der Waals surface area contributed by atoms with Crippen molar-refractivity contribution >= 4 is 17.5 Å². The van der Waals surface area contributed by atoms with Crippen LogP contribution >= 0.6 is 11.6 Å². The van der Waals surface area contributed by atoms with E-state index in [0.29, 0.717) is 6.54 Å². The Morgan fingerprint density at radius 1 is 1.26 bits per heavy atom. The molecule has 0 saturated heterocycles. The van der Waals surface area contributed by atoms with Gasteiger partial charge in [0.1, 0.15) is 5.88 Å². The zero-order valence-corrected chi connectivity index (χ0v) is 11.7.